The minimum atomic E-state index is -0.352. The van der Waals surface area contributed by atoms with Gasteiger partial charge < -0.3 is 5.32 Å². The number of aryl methyl sites for hydroxylation is 2. The lowest BCUT2D eigenvalue weighted by Gasteiger charge is -2.09. The van der Waals surface area contributed by atoms with Crippen LogP contribution in [0.15, 0.2) is 30.3 Å². The van der Waals surface area contributed by atoms with Gasteiger partial charge in [-0.1, -0.05) is 6.07 Å². The number of nitrogens with one attached hydrogen (secondary N) is 3. The summed E-state index contributed by atoms with van der Waals surface area (Å²) in [6.45, 7) is 5.10. The SMILES string of the molecule is CC(=O)Nc1cccc(C(=O)NNc2nc(C)cc(C)n2)c1. The fourth-order valence-electron chi connectivity index (χ4n) is 1.91. The van der Waals surface area contributed by atoms with Gasteiger partial charge in [-0.05, 0) is 38.1 Å². The number of carbonyl (C=O) groups is 2. The number of amides is 2. The Morgan fingerprint density at radius 3 is 2.36 bits per heavy atom. The molecule has 1 aromatic carbocycles. The van der Waals surface area contributed by atoms with Gasteiger partial charge in [0.15, 0.2) is 0 Å². The lowest BCUT2D eigenvalue weighted by atomic mass is 10.2. The minimum Gasteiger partial charge on any atom is -0.326 e. The van der Waals surface area contributed by atoms with Gasteiger partial charge in [-0.15, -0.1) is 0 Å². The summed E-state index contributed by atoms with van der Waals surface area (Å²) in [7, 11) is 0. The minimum absolute atomic E-state index is 0.195. The number of hydrazine groups is 1. The summed E-state index contributed by atoms with van der Waals surface area (Å²) in [5, 5.41) is 2.62. The molecule has 7 heteroatoms. The van der Waals surface area contributed by atoms with Crippen LogP contribution >= 0.6 is 0 Å². The van der Waals surface area contributed by atoms with Gasteiger partial charge >= 0.3 is 0 Å². The lowest BCUT2D eigenvalue weighted by molar-refractivity contribution is -0.114. The van der Waals surface area contributed by atoms with Crippen LogP contribution in [0.25, 0.3) is 0 Å². The number of benzene rings is 1. The van der Waals surface area contributed by atoms with Crippen LogP contribution in [0.5, 0.6) is 0 Å². The molecular weight excluding hydrogens is 282 g/mol. The fourth-order valence-corrected chi connectivity index (χ4v) is 1.91. The molecule has 2 rings (SSSR count). The zero-order valence-corrected chi connectivity index (χ0v) is 12.6. The number of nitrogens with zero attached hydrogens (tertiary/aromatic N) is 2. The van der Waals surface area contributed by atoms with Crippen LogP contribution in [0.2, 0.25) is 0 Å². The Bertz CT molecular complexity index is 695. The Morgan fingerprint density at radius 2 is 1.73 bits per heavy atom. The average molecular weight is 299 g/mol. The smallest absolute Gasteiger partial charge is 0.269 e. The van der Waals surface area contributed by atoms with E-state index in [0.29, 0.717) is 17.2 Å². The number of carbonyl (C=O) groups excluding carboxylic acids is 2. The molecule has 7 nitrogen and oxygen atoms in total. The number of hydrogen-bond acceptors (Lipinski definition) is 5. The topological polar surface area (TPSA) is 96.0 Å². The maximum Gasteiger partial charge on any atom is 0.269 e. The lowest BCUT2D eigenvalue weighted by Crippen LogP contribution is -2.30. The Kier molecular flexibility index (Phi) is 4.67. The van der Waals surface area contributed by atoms with Crippen LogP contribution in [0.3, 0.4) is 0 Å². The number of aromatic nitrogens is 2. The van der Waals surface area contributed by atoms with Crippen molar-refractivity contribution in [3.8, 4) is 0 Å². The molecule has 0 aliphatic rings. The molecule has 0 saturated carbocycles. The number of anilines is 2. The van der Waals surface area contributed by atoms with E-state index in [1.165, 1.54) is 6.92 Å². The second-order valence-electron chi connectivity index (χ2n) is 4.82. The normalized spacial score (nSPS) is 9.95. The van der Waals surface area contributed by atoms with E-state index in [1.54, 1.807) is 24.3 Å². The summed E-state index contributed by atoms with van der Waals surface area (Å²) in [4.78, 5) is 31.4. The van der Waals surface area contributed by atoms with Gasteiger partial charge in [0, 0.05) is 29.6 Å². The standard InChI is InChI=1S/C15H17N5O2/c1-9-7-10(2)17-15(16-9)20-19-14(22)12-5-4-6-13(8-12)18-11(3)21/h4-8H,1-3H3,(H,18,21)(H,19,22)(H,16,17,20). The van der Waals surface area contributed by atoms with E-state index in [0.717, 1.165) is 11.4 Å². The largest absolute Gasteiger partial charge is 0.326 e. The summed E-state index contributed by atoms with van der Waals surface area (Å²) < 4.78 is 0. The molecule has 114 valence electrons. The van der Waals surface area contributed by atoms with Crippen molar-refractivity contribution in [2.75, 3.05) is 10.7 Å². The third-order valence-electron chi connectivity index (χ3n) is 2.72. The molecule has 1 heterocycles. The Balaban J connectivity index is 2.04. The summed E-state index contributed by atoms with van der Waals surface area (Å²) in [5.74, 6) is -0.224. The highest BCUT2D eigenvalue weighted by Crippen LogP contribution is 2.10. The van der Waals surface area contributed by atoms with Crippen molar-refractivity contribution in [1.29, 1.82) is 0 Å². The second-order valence-corrected chi connectivity index (χ2v) is 4.82. The van der Waals surface area contributed by atoms with Gasteiger partial charge in [-0.2, -0.15) is 0 Å². The maximum absolute atomic E-state index is 12.1. The number of rotatable bonds is 4. The van der Waals surface area contributed by atoms with E-state index in [9.17, 15) is 9.59 Å². The predicted octanol–water partition coefficient (Wildman–Crippen LogP) is 1.81. The molecule has 0 bridgehead atoms. The summed E-state index contributed by atoms with van der Waals surface area (Å²) >= 11 is 0. The van der Waals surface area contributed by atoms with Crippen molar-refractivity contribution in [1.82, 2.24) is 15.4 Å². The van der Waals surface area contributed by atoms with Gasteiger partial charge in [0.05, 0.1) is 0 Å². The molecule has 0 aliphatic carbocycles. The average Bonchev–Trinajstić information content (AvgIpc) is 2.43. The third-order valence-corrected chi connectivity index (χ3v) is 2.72. The molecule has 3 N–H and O–H groups in total. The van der Waals surface area contributed by atoms with E-state index in [-0.39, 0.29) is 11.8 Å². The first-order valence-electron chi connectivity index (χ1n) is 6.70. The van der Waals surface area contributed by atoms with Crippen molar-refractivity contribution < 1.29 is 9.59 Å². The molecule has 0 spiro atoms. The quantitative estimate of drug-likeness (QED) is 0.748. The molecule has 2 amide bonds. The van der Waals surface area contributed by atoms with Crippen molar-refractivity contribution in [2.45, 2.75) is 20.8 Å². The van der Waals surface area contributed by atoms with E-state index >= 15 is 0 Å². The summed E-state index contributed by atoms with van der Waals surface area (Å²) in [6.07, 6.45) is 0. The maximum atomic E-state index is 12.1. The van der Waals surface area contributed by atoms with E-state index < -0.39 is 0 Å². The van der Waals surface area contributed by atoms with Crippen LogP contribution in [0.4, 0.5) is 11.6 Å². The van der Waals surface area contributed by atoms with Crippen molar-refractivity contribution in [3.63, 3.8) is 0 Å². The molecule has 0 atom stereocenters. The zero-order valence-electron chi connectivity index (χ0n) is 12.6. The molecule has 0 saturated heterocycles. The molecule has 0 aliphatic heterocycles. The highest BCUT2D eigenvalue weighted by Gasteiger charge is 2.07. The first kappa shape index (κ1) is 15.4. The van der Waals surface area contributed by atoms with Gasteiger partial charge in [0.25, 0.3) is 5.91 Å². The van der Waals surface area contributed by atoms with Crippen molar-refractivity contribution in [3.05, 3.63) is 47.3 Å². The van der Waals surface area contributed by atoms with Gasteiger partial charge in [0.2, 0.25) is 11.9 Å². The summed E-state index contributed by atoms with van der Waals surface area (Å²) in [5.41, 5.74) is 7.77. The third kappa shape index (κ3) is 4.27. The molecule has 0 unspecified atom stereocenters. The molecule has 2 aromatic rings. The molecule has 22 heavy (non-hydrogen) atoms. The Hall–Kier alpha value is -2.96. The number of hydrogen-bond donors (Lipinski definition) is 3. The molecule has 0 fully saturated rings. The van der Waals surface area contributed by atoms with E-state index in [1.807, 2.05) is 19.9 Å². The second kappa shape index (κ2) is 6.66. The first-order chi connectivity index (χ1) is 10.4. The predicted molar refractivity (Wildman–Crippen MR) is 83.3 cm³/mol. The monoisotopic (exact) mass is 299 g/mol. The van der Waals surface area contributed by atoms with Crippen molar-refractivity contribution in [2.24, 2.45) is 0 Å². The highest BCUT2D eigenvalue weighted by atomic mass is 16.2. The van der Waals surface area contributed by atoms with Crippen LogP contribution in [0, 0.1) is 13.8 Å². The van der Waals surface area contributed by atoms with E-state index in [2.05, 4.69) is 26.1 Å². The van der Waals surface area contributed by atoms with Gasteiger partial charge in [0.1, 0.15) is 0 Å². The Labute approximate surface area is 128 Å². The van der Waals surface area contributed by atoms with Crippen molar-refractivity contribution >= 4 is 23.5 Å². The van der Waals surface area contributed by atoms with Crippen LogP contribution in [-0.4, -0.2) is 21.8 Å². The first-order valence-corrected chi connectivity index (χ1v) is 6.70. The van der Waals surface area contributed by atoms with Crippen LogP contribution in [-0.2, 0) is 4.79 Å². The zero-order chi connectivity index (χ0) is 16.1. The van der Waals surface area contributed by atoms with Gasteiger partial charge in [-0.3, -0.25) is 20.4 Å². The molecule has 0 radical (unpaired) electrons. The fraction of sp³-hybridized carbons (Fsp3) is 0.200. The molecular formula is C15H17N5O2. The highest BCUT2D eigenvalue weighted by molar-refractivity contribution is 5.97. The Morgan fingerprint density at radius 1 is 1.05 bits per heavy atom. The molecule has 1 aromatic heterocycles. The van der Waals surface area contributed by atoms with Crippen LogP contribution in [0.1, 0.15) is 28.7 Å². The van der Waals surface area contributed by atoms with Crippen LogP contribution < -0.4 is 16.2 Å². The van der Waals surface area contributed by atoms with Gasteiger partial charge in [-0.25, -0.2) is 9.97 Å². The van der Waals surface area contributed by atoms with E-state index in [4.69, 9.17) is 0 Å². The summed E-state index contributed by atoms with van der Waals surface area (Å²) in [6, 6.07) is 8.46.